The van der Waals surface area contributed by atoms with Gasteiger partial charge in [-0.1, -0.05) is 6.07 Å². The summed E-state index contributed by atoms with van der Waals surface area (Å²) in [5.74, 6) is -1.19. The number of sulfonamides is 1. The second kappa shape index (κ2) is 5.99. The maximum Gasteiger partial charge on any atom is 0.243 e. The fourth-order valence-corrected chi connectivity index (χ4v) is 5.39. The molecule has 118 valence electrons. The van der Waals surface area contributed by atoms with Gasteiger partial charge < -0.3 is 5.11 Å². The molecule has 21 heavy (non-hydrogen) atoms. The van der Waals surface area contributed by atoms with Gasteiger partial charge in [0.15, 0.2) is 9.84 Å². The van der Waals surface area contributed by atoms with Gasteiger partial charge in [0.1, 0.15) is 10.7 Å². The van der Waals surface area contributed by atoms with Crippen molar-refractivity contribution in [2.24, 2.45) is 0 Å². The minimum atomic E-state index is -4.17. The molecular weight excluding hydrogens is 321 g/mol. The van der Waals surface area contributed by atoms with E-state index in [9.17, 15) is 21.2 Å². The lowest BCUT2D eigenvalue weighted by Gasteiger charge is -2.23. The van der Waals surface area contributed by atoms with Crippen molar-refractivity contribution in [1.82, 2.24) is 4.72 Å². The highest BCUT2D eigenvalue weighted by atomic mass is 32.2. The van der Waals surface area contributed by atoms with E-state index in [1.54, 1.807) is 0 Å². The van der Waals surface area contributed by atoms with Gasteiger partial charge in [0, 0.05) is 6.04 Å². The van der Waals surface area contributed by atoms with Gasteiger partial charge >= 0.3 is 0 Å². The van der Waals surface area contributed by atoms with Gasteiger partial charge in [-0.05, 0) is 30.5 Å². The Hall–Kier alpha value is -1.03. The maximum atomic E-state index is 13.7. The molecule has 2 rings (SSSR count). The molecule has 1 unspecified atom stereocenters. The molecule has 1 aliphatic rings. The molecule has 1 fully saturated rings. The predicted molar refractivity (Wildman–Crippen MR) is 74.3 cm³/mol. The van der Waals surface area contributed by atoms with Crippen molar-refractivity contribution in [2.45, 2.75) is 30.4 Å². The molecule has 1 aromatic carbocycles. The zero-order valence-electron chi connectivity index (χ0n) is 11.1. The molecule has 0 amide bonds. The number of rotatable bonds is 4. The van der Waals surface area contributed by atoms with Gasteiger partial charge in [-0.2, -0.15) is 0 Å². The van der Waals surface area contributed by atoms with E-state index in [1.807, 2.05) is 0 Å². The average molecular weight is 337 g/mol. The molecule has 0 saturated carbocycles. The van der Waals surface area contributed by atoms with E-state index in [2.05, 4.69) is 4.72 Å². The molecule has 0 radical (unpaired) electrons. The number of hydrogen-bond donors (Lipinski definition) is 2. The number of nitrogens with one attached hydrogen (secondary N) is 1. The van der Waals surface area contributed by atoms with Crippen LogP contribution in [0.1, 0.15) is 18.4 Å². The first-order chi connectivity index (χ1) is 9.73. The van der Waals surface area contributed by atoms with Crippen LogP contribution in [0.2, 0.25) is 0 Å². The van der Waals surface area contributed by atoms with Crippen molar-refractivity contribution < 1.29 is 26.3 Å². The van der Waals surface area contributed by atoms with Gasteiger partial charge in [0.25, 0.3) is 0 Å². The third-order valence-electron chi connectivity index (χ3n) is 3.25. The van der Waals surface area contributed by atoms with E-state index >= 15 is 0 Å². The standard InChI is InChI=1S/C12H16FNO5S2/c13-11-4-3-9(7-15)6-12(11)21(18,19)14-10-2-1-5-20(16,17)8-10/h3-4,6,10,14-15H,1-2,5,7-8H2. The van der Waals surface area contributed by atoms with E-state index in [0.29, 0.717) is 12.8 Å². The van der Waals surface area contributed by atoms with E-state index < -0.39 is 43.2 Å². The van der Waals surface area contributed by atoms with E-state index in [-0.39, 0.29) is 17.1 Å². The van der Waals surface area contributed by atoms with Gasteiger partial charge in [-0.25, -0.2) is 25.9 Å². The Labute approximate surface area is 123 Å². The lowest BCUT2D eigenvalue weighted by atomic mass is 10.2. The van der Waals surface area contributed by atoms with Crippen LogP contribution in [-0.4, -0.2) is 39.5 Å². The summed E-state index contributed by atoms with van der Waals surface area (Å²) in [6.45, 7) is -0.416. The van der Waals surface area contributed by atoms with E-state index in [0.717, 1.165) is 12.1 Å². The first-order valence-corrected chi connectivity index (χ1v) is 9.66. The summed E-state index contributed by atoms with van der Waals surface area (Å²) in [6, 6.07) is 2.51. The summed E-state index contributed by atoms with van der Waals surface area (Å²) < 4.78 is 63.3. The lowest BCUT2D eigenvalue weighted by Crippen LogP contribution is -2.43. The molecule has 2 N–H and O–H groups in total. The predicted octanol–water partition coefficient (Wildman–Crippen LogP) is 0.173. The van der Waals surface area contributed by atoms with Crippen molar-refractivity contribution in [3.63, 3.8) is 0 Å². The van der Waals surface area contributed by atoms with Gasteiger partial charge in [0.05, 0.1) is 18.1 Å². The Morgan fingerprint density at radius 1 is 1.38 bits per heavy atom. The third kappa shape index (κ3) is 4.00. The highest BCUT2D eigenvalue weighted by molar-refractivity contribution is 7.91. The smallest absolute Gasteiger partial charge is 0.243 e. The molecule has 1 aromatic rings. The van der Waals surface area contributed by atoms with Crippen molar-refractivity contribution in [2.75, 3.05) is 11.5 Å². The van der Waals surface area contributed by atoms with E-state index in [4.69, 9.17) is 5.11 Å². The molecule has 0 bridgehead atoms. The van der Waals surface area contributed by atoms with Gasteiger partial charge in [0.2, 0.25) is 10.0 Å². The van der Waals surface area contributed by atoms with Crippen LogP contribution in [0.25, 0.3) is 0 Å². The van der Waals surface area contributed by atoms with Crippen LogP contribution >= 0.6 is 0 Å². The summed E-state index contributed by atoms with van der Waals surface area (Å²) in [5, 5.41) is 8.99. The minimum absolute atomic E-state index is 0.0413. The summed E-state index contributed by atoms with van der Waals surface area (Å²) in [7, 11) is -7.44. The number of halogens is 1. The van der Waals surface area contributed by atoms with Crippen molar-refractivity contribution >= 4 is 19.9 Å². The monoisotopic (exact) mass is 337 g/mol. The van der Waals surface area contributed by atoms with E-state index in [1.165, 1.54) is 6.07 Å². The Morgan fingerprint density at radius 3 is 2.71 bits per heavy atom. The molecule has 0 aromatic heterocycles. The molecule has 0 spiro atoms. The number of hydrogen-bond acceptors (Lipinski definition) is 5. The van der Waals surface area contributed by atoms with Crippen LogP contribution < -0.4 is 4.72 Å². The third-order valence-corrected chi connectivity index (χ3v) is 6.61. The van der Waals surface area contributed by atoms with Crippen LogP contribution in [0.3, 0.4) is 0 Å². The Bertz CT molecular complexity index is 730. The minimum Gasteiger partial charge on any atom is -0.392 e. The first kappa shape index (κ1) is 16.3. The van der Waals surface area contributed by atoms with Crippen molar-refractivity contribution in [3.8, 4) is 0 Å². The topological polar surface area (TPSA) is 101 Å². The van der Waals surface area contributed by atoms with Crippen LogP contribution in [0, 0.1) is 5.82 Å². The fourth-order valence-electron chi connectivity index (χ4n) is 2.25. The summed E-state index contributed by atoms with van der Waals surface area (Å²) >= 11 is 0. The molecule has 6 nitrogen and oxygen atoms in total. The molecular formula is C12H16FNO5S2. The molecule has 1 heterocycles. The Kier molecular flexibility index (Phi) is 4.66. The van der Waals surface area contributed by atoms with Gasteiger partial charge in [-0.3, -0.25) is 0 Å². The lowest BCUT2D eigenvalue weighted by molar-refractivity contribution is 0.281. The number of aliphatic hydroxyl groups excluding tert-OH is 1. The zero-order chi connectivity index (χ0) is 15.7. The average Bonchev–Trinajstić information content (AvgIpc) is 2.37. The molecule has 1 saturated heterocycles. The van der Waals surface area contributed by atoms with Crippen LogP contribution in [0.4, 0.5) is 4.39 Å². The maximum absolute atomic E-state index is 13.7. The fraction of sp³-hybridized carbons (Fsp3) is 0.500. The quantitative estimate of drug-likeness (QED) is 0.816. The first-order valence-electron chi connectivity index (χ1n) is 6.35. The van der Waals surface area contributed by atoms with Crippen LogP contribution in [0.5, 0.6) is 0 Å². The molecule has 1 atom stereocenters. The normalized spacial score (nSPS) is 22.1. The van der Waals surface area contributed by atoms with Crippen molar-refractivity contribution in [1.29, 1.82) is 0 Å². The highest BCUT2D eigenvalue weighted by Gasteiger charge is 2.30. The number of benzene rings is 1. The number of sulfone groups is 1. The Balaban J connectivity index is 2.26. The Morgan fingerprint density at radius 2 is 2.10 bits per heavy atom. The molecule has 9 heteroatoms. The molecule has 1 aliphatic heterocycles. The molecule has 0 aliphatic carbocycles. The van der Waals surface area contributed by atoms with Crippen LogP contribution in [0.15, 0.2) is 23.1 Å². The summed E-state index contributed by atoms with van der Waals surface area (Å²) in [4.78, 5) is -0.586. The summed E-state index contributed by atoms with van der Waals surface area (Å²) in [5.41, 5.74) is 0.257. The second-order valence-corrected chi connectivity index (χ2v) is 8.91. The summed E-state index contributed by atoms with van der Waals surface area (Å²) in [6.07, 6.45) is 0.758. The number of aliphatic hydroxyl groups is 1. The van der Waals surface area contributed by atoms with Crippen molar-refractivity contribution in [3.05, 3.63) is 29.6 Å². The van der Waals surface area contributed by atoms with Crippen LogP contribution in [-0.2, 0) is 26.5 Å². The van der Waals surface area contributed by atoms with Gasteiger partial charge in [-0.15, -0.1) is 0 Å². The zero-order valence-corrected chi connectivity index (χ0v) is 12.8. The SMILES string of the molecule is O=S1(=O)CCCC(NS(=O)(=O)c2cc(CO)ccc2F)C1. The largest absolute Gasteiger partial charge is 0.392 e. The highest BCUT2D eigenvalue weighted by Crippen LogP contribution is 2.19. The second-order valence-electron chi connectivity index (χ2n) is 5.00.